The number of hydrogen-bond donors (Lipinski definition) is 2. The average molecular weight is 401 g/mol. The fourth-order valence-electron chi connectivity index (χ4n) is 3.91. The predicted molar refractivity (Wildman–Crippen MR) is 103 cm³/mol. The van der Waals surface area contributed by atoms with Crippen LogP contribution in [0.5, 0.6) is 0 Å². The van der Waals surface area contributed by atoms with Gasteiger partial charge in [-0.05, 0) is 18.4 Å². The number of halogens is 1. The first kappa shape index (κ1) is 18.6. The van der Waals surface area contributed by atoms with Gasteiger partial charge < -0.3 is 15.2 Å². The van der Waals surface area contributed by atoms with Crippen LogP contribution in [0.1, 0.15) is 47.9 Å². The van der Waals surface area contributed by atoms with Crippen LogP contribution in [0.25, 0.3) is 0 Å². The van der Waals surface area contributed by atoms with Crippen LogP contribution in [0.15, 0.2) is 12.3 Å². The van der Waals surface area contributed by atoms with Crippen LogP contribution in [0, 0.1) is 22.7 Å². The van der Waals surface area contributed by atoms with Gasteiger partial charge in [-0.2, -0.15) is 10.4 Å². The maximum Gasteiger partial charge on any atom is 0.270 e. The molecule has 0 radical (unpaired) electrons. The highest BCUT2D eigenvalue weighted by Gasteiger charge is 2.65. The summed E-state index contributed by atoms with van der Waals surface area (Å²) in [4.78, 5) is 29.7. The monoisotopic (exact) mass is 400 g/mol. The summed E-state index contributed by atoms with van der Waals surface area (Å²) in [5.74, 6) is 0.314. The summed E-state index contributed by atoms with van der Waals surface area (Å²) in [5.41, 5.74) is 1.44. The van der Waals surface area contributed by atoms with Gasteiger partial charge in [0.1, 0.15) is 22.6 Å². The Balaban J connectivity index is 1.37. The van der Waals surface area contributed by atoms with Crippen LogP contribution < -0.4 is 5.32 Å². The largest absolute Gasteiger partial charge is 0.356 e. The first-order valence-corrected chi connectivity index (χ1v) is 9.54. The minimum Gasteiger partial charge on any atom is -0.356 e. The van der Waals surface area contributed by atoms with Crippen LogP contribution in [-0.2, 0) is 11.8 Å². The van der Waals surface area contributed by atoms with E-state index in [-0.39, 0.29) is 29.1 Å². The van der Waals surface area contributed by atoms with Crippen molar-refractivity contribution in [3.63, 3.8) is 0 Å². The molecule has 1 aliphatic heterocycles. The Labute approximate surface area is 167 Å². The number of hydrogen-bond acceptors (Lipinski definition) is 4. The van der Waals surface area contributed by atoms with E-state index in [1.807, 2.05) is 19.9 Å². The van der Waals surface area contributed by atoms with Crippen molar-refractivity contribution in [1.82, 2.24) is 19.7 Å². The Morgan fingerprint density at radius 3 is 2.75 bits per heavy atom. The molecule has 2 fully saturated rings. The van der Waals surface area contributed by atoms with Crippen molar-refractivity contribution in [3.05, 3.63) is 34.2 Å². The van der Waals surface area contributed by atoms with E-state index >= 15 is 0 Å². The smallest absolute Gasteiger partial charge is 0.270 e. The van der Waals surface area contributed by atoms with E-state index in [0.29, 0.717) is 35.2 Å². The van der Waals surface area contributed by atoms with Crippen LogP contribution in [0.2, 0.25) is 5.02 Å². The number of aromatic nitrogens is 3. The quantitative estimate of drug-likeness (QED) is 0.822. The van der Waals surface area contributed by atoms with Crippen molar-refractivity contribution in [2.75, 3.05) is 18.4 Å². The highest BCUT2D eigenvalue weighted by molar-refractivity contribution is 6.34. The van der Waals surface area contributed by atoms with E-state index in [4.69, 9.17) is 16.9 Å². The molecule has 2 N–H and O–H groups in total. The molecular formula is C19H21ClN6O2. The van der Waals surface area contributed by atoms with Gasteiger partial charge in [-0.3, -0.25) is 14.3 Å². The molecule has 1 spiro atoms. The summed E-state index contributed by atoms with van der Waals surface area (Å²) in [6.07, 6.45) is 2.27. The van der Waals surface area contributed by atoms with Crippen LogP contribution in [0.4, 0.5) is 5.82 Å². The number of nitrogens with one attached hydrogen (secondary N) is 2. The lowest BCUT2D eigenvalue weighted by Gasteiger charge is -2.40. The van der Waals surface area contributed by atoms with Crippen molar-refractivity contribution in [2.45, 2.75) is 26.2 Å². The van der Waals surface area contributed by atoms with Crippen molar-refractivity contribution in [3.8, 4) is 6.07 Å². The highest BCUT2D eigenvalue weighted by Crippen LogP contribution is 2.59. The molecule has 1 atom stereocenters. The standard InChI is InChI=1S/C19H21ClN6O2/c1-10(2)15-14(20)16(25(3)24-15)23-17(27)12-5-19(12)8-26(9-19)18(28)13-4-11(6-21)7-22-13/h4,7,10,12,22H,5,8-9H2,1-3H3,(H,23,27). The molecule has 1 saturated carbocycles. The number of nitrogens with zero attached hydrogens (tertiary/aromatic N) is 4. The van der Waals surface area contributed by atoms with Gasteiger partial charge in [0.2, 0.25) is 5.91 Å². The zero-order chi connectivity index (χ0) is 20.2. The number of carbonyl (C=O) groups is 2. The van der Waals surface area contributed by atoms with Crippen molar-refractivity contribution < 1.29 is 9.59 Å². The fraction of sp³-hybridized carbons (Fsp3) is 0.474. The molecule has 2 aromatic heterocycles. The highest BCUT2D eigenvalue weighted by atomic mass is 35.5. The van der Waals surface area contributed by atoms with E-state index < -0.39 is 0 Å². The van der Waals surface area contributed by atoms with Gasteiger partial charge in [-0.1, -0.05) is 25.4 Å². The number of H-pyrrole nitrogens is 1. The van der Waals surface area contributed by atoms with E-state index in [1.165, 1.54) is 6.20 Å². The van der Waals surface area contributed by atoms with Gasteiger partial charge in [0.15, 0.2) is 0 Å². The van der Waals surface area contributed by atoms with E-state index in [2.05, 4.69) is 15.4 Å². The van der Waals surface area contributed by atoms with Crippen LogP contribution >= 0.6 is 11.6 Å². The summed E-state index contributed by atoms with van der Waals surface area (Å²) in [5, 5.41) is 16.6. The number of anilines is 1. The summed E-state index contributed by atoms with van der Waals surface area (Å²) in [6, 6.07) is 3.54. The topological polar surface area (TPSA) is 107 Å². The summed E-state index contributed by atoms with van der Waals surface area (Å²) in [6.45, 7) is 5.08. The van der Waals surface area contributed by atoms with Gasteiger partial charge in [-0.15, -0.1) is 0 Å². The van der Waals surface area contributed by atoms with Crippen molar-refractivity contribution in [1.29, 1.82) is 5.26 Å². The first-order chi connectivity index (χ1) is 13.3. The number of aromatic amines is 1. The minimum atomic E-state index is -0.144. The summed E-state index contributed by atoms with van der Waals surface area (Å²) >= 11 is 6.38. The van der Waals surface area contributed by atoms with Crippen molar-refractivity contribution >= 4 is 29.2 Å². The molecule has 28 heavy (non-hydrogen) atoms. The van der Waals surface area contributed by atoms with Gasteiger partial charge in [-0.25, -0.2) is 0 Å². The lowest BCUT2D eigenvalue weighted by Crippen LogP contribution is -2.53. The molecule has 2 aromatic rings. The Bertz CT molecular complexity index is 1010. The third-order valence-corrected chi connectivity index (χ3v) is 6.02. The number of likely N-dealkylation sites (tertiary alicyclic amines) is 1. The molecule has 146 valence electrons. The van der Waals surface area contributed by atoms with Gasteiger partial charge in [0, 0.05) is 37.7 Å². The van der Waals surface area contributed by atoms with Gasteiger partial charge in [0.25, 0.3) is 5.91 Å². The van der Waals surface area contributed by atoms with Crippen LogP contribution in [0.3, 0.4) is 0 Å². The molecule has 8 nitrogen and oxygen atoms in total. The molecule has 1 saturated heterocycles. The second kappa shape index (κ2) is 6.38. The molecule has 2 aliphatic rings. The fourth-order valence-corrected chi connectivity index (χ4v) is 4.33. The number of nitriles is 1. The summed E-state index contributed by atoms with van der Waals surface area (Å²) < 4.78 is 1.60. The lowest BCUT2D eigenvalue weighted by molar-refractivity contribution is -0.119. The van der Waals surface area contributed by atoms with Gasteiger partial charge in [0.05, 0.1) is 11.3 Å². The molecule has 4 rings (SSSR count). The Morgan fingerprint density at radius 1 is 1.46 bits per heavy atom. The van der Waals surface area contributed by atoms with Gasteiger partial charge >= 0.3 is 0 Å². The molecule has 3 heterocycles. The van der Waals surface area contributed by atoms with E-state index in [1.54, 1.807) is 22.7 Å². The zero-order valence-corrected chi connectivity index (χ0v) is 16.7. The third kappa shape index (κ3) is 2.87. The number of rotatable bonds is 4. The molecule has 9 heteroatoms. The second-order valence-corrected chi connectivity index (χ2v) is 8.39. The molecule has 0 bridgehead atoms. The lowest BCUT2D eigenvalue weighted by atomic mass is 9.92. The Hall–Kier alpha value is -2.79. The SMILES string of the molecule is CC(C)c1nn(C)c(NC(=O)C2CC23CN(C(=O)c2cc(C#N)c[nH]2)C3)c1Cl. The maximum absolute atomic E-state index is 12.7. The second-order valence-electron chi connectivity index (χ2n) is 8.01. The molecular weight excluding hydrogens is 380 g/mol. The molecule has 1 aliphatic carbocycles. The molecule has 1 unspecified atom stereocenters. The summed E-state index contributed by atoms with van der Waals surface area (Å²) in [7, 11) is 1.76. The minimum absolute atomic E-state index is 0.0843. The maximum atomic E-state index is 12.7. The Kier molecular flexibility index (Phi) is 4.23. The first-order valence-electron chi connectivity index (χ1n) is 9.17. The van der Waals surface area contributed by atoms with Crippen molar-refractivity contribution in [2.24, 2.45) is 18.4 Å². The number of aryl methyl sites for hydroxylation is 1. The third-order valence-electron chi connectivity index (χ3n) is 5.65. The molecule has 2 amide bonds. The zero-order valence-electron chi connectivity index (χ0n) is 15.9. The normalized spacial score (nSPS) is 19.4. The number of amides is 2. The number of carbonyl (C=O) groups excluding carboxylic acids is 2. The van der Waals surface area contributed by atoms with E-state index in [9.17, 15) is 9.59 Å². The molecule has 0 aromatic carbocycles. The Morgan fingerprint density at radius 2 is 2.18 bits per heavy atom. The predicted octanol–water partition coefficient (Wildman–Crippen LogP) is 2.50. The average Bonchev–Trinajstić information content (AvgIpc) is 3.09. The van der Waals surface area contributed by atoms with E-state index in [0.717, 1.165) is 12.1 Å². The van der Waals surface area contributed by atoms with Crippen LogP contribution in [-0.4, -0.2) is 44.6 Å².